The number of hydrogen-bond donors (Lipinski definition) is 1. The molecule has 0 amide bonds. The van der Waals surface area contributed by atoms with E-state index in [1.807, 2.05) is 6.92 Å². The molecule has 1 rings (SSSR count). The third kappa shape index (κ3) is 1.67. The second-order valence-corrected chi connectivity index (χ2v) is 2.86. The molecular weight excluding hydrogens is 144 g/mol. The van der Waals surface area contributed by atoms with Gasteiger partial charge in [0.05, 0.1) is 12.2 Å². The van der Waals surface area contributed by atoms with Gasteiger partial charge in [-0.15, -0.1) is 0 Å². The first-order valence-electron chi connectivity index (χ1n) is 3.62. The second-order valence-electron chi connectivity index (χ2n) is 2.86. The second kappa shape index (κ2) is 3.15. The fourth-order valence-electron chi connectivity index (χ4n) is 1.26. The van der Waals surface area contributed by atoms with Crippen molar-refractivity contribution < 1.29 is 14.6 Å². The summed E-state index contributed by atoms with van der Waals surface area (Å²) in [5, 5.41) is 9.32. The Bertz CT molecular complexity index is 176. The van der Waals surface area contributed by atoms with E-state index in [1.165, 1.54) is 0 Å². The molecule has 0 aromatic rings. The van der Waals surface area contributed by atoms with E-state index in [-0.39, 0.29) is 6.10 Å². The summed E-state index contributed by atoms with van der Waals surface area (Å²) in [6, 6.07) is 0. The molecule has 1 aliphatic rings. The Labute approximate surface area is 65.7 Å². The molecule has 0 aromatic carbocycles. The highest BCUT2D eigenvalue weighted by Crippen LogP contribution is 2.23. The van der Waals surface area contributed by atoms with E-state index >= 15 is 0 Å². The van der Waals surface area contributed by atoms with E-state index in [1.54, 1.807) is 0 Å². The average molecular weight is 156 g/mol. The number of ether oxygens (including phenoxy) is 1. The zero-order valence-electron chi connectivity index (χ0n) is 6.49. The SMILES string of the molecule is C=C(C=O)[C@H]1O[C@@H](C)CC1O. The van der Waals surface area contributed by atoms with Gasteiger partial charge in [0.1, 0.15) is 12.4 Å². The molecule has 1 unspecified atom stereocenters. The standard InChI is InChI=1S/C8H12O3/c1-5(4-9)8-7(10)3-6(2)11-8/h4,6-8,10H,1,3H2,2H3/t6-,7?,8+/m0/s1. The number of aliphatic hydroxyl groups excluding tert-OH is 1. The maximum Gasteiger partial charge on any atom is 0.148 e. The highest BCUT2D eigenvalue weighted by atomic mass is 16.5. The van der Waals surface area contributed by atoms with Gasteiger partial charge < -0.3 is 9.84 Å². The molecule has 1 N–H and O–H groups in total. The van der Waals surface area contributed by atoms with E-state index in [4.69, 9.17) is 4.74 Å². The van der Waals surface area contributed by atoms with Gasteiger partial charge in [-0.1, -0.05) is 6.58 Å². The summed E-state index contributed by atoms with van der Waals surface area (Å²) in [5.74, 6) is 0. The quantitative estimate of drug-likeness (QED) is 0.461. The molecule has 1 saturated heterocycles. The van der Waals surface area contributed by atoms with Crippen LogP contribution in [0.2, 0.25) is 0 Å². The van der Waals surface area contributed by atoms with Crippen molar-refractivity contribution in [1.29, 1.82) is 0 Å². The van der Waals surface area contributed by atoms with Gasteiger partial charge in [-0.05, 0) is 6.92 Å². The Hall–Kier alpha value is -0.670. The maximum atomic E-state index is 10.3. The predicted molar refractivity (Wildman–Crippen MR) is 40.2 cm³/mol. The molecule has 0 radical (unpaired) electrons. The summed E-state index contributed by atoms with van der Waals surface area (Å²) in [5.41, 5.74) is 0.321. The van der Waals surface area contributed by atoms with E-state index in [0.717, 1.165) is 0 Å². The van der Waals surface area contributed by atoms with Crippen LogP contribution in [0.4, 0.5) is 0 Å². The van der Waals surface area contributed by atoms with Crippen LogP contribution in [0.25, 0.3) is 0 Å². The Morgan fingerprint density at radius 2 is 2.45 bits per heavy atom. The third-order valence-electron chi connectivity index (χ3n) is 1.82. The zero-order valence-corrected chi connectivity index (χ0v) is 6.49. The molecule has 11 heavy (non-hydrogen) atoms. The van der Waals surface area contributed by atoms with E-state index in [0.29, 0.717) is 18.3 Å². The first kappa shape index (κ1) is 8.43. The Balaban J connectivity index is 2.59. The van der Waals surface area contributed by atoms with Gasteiger partial charge in [0.2, 0.25) is 0 Å². The molecule has 0 aliphatic carbocycles. The minimum absolute atomic E-state index is 0.0201. The van der Waals surface area contributed by atoms with Crippen molar-refractivity contribution in [2.45, 2.75) is 31.7 Å². The largest absolute Gasteiger partial charge is 0.390 e. The van der Waals surface area contributed by atoms with Crippen molar-refractivity contribution in [3.63, 3.8) is 0 Å². The molecule has 62 valence electrons. The smallest absolute Gasteiger partial charge is 0.148 e. The highest BCUT2D eigenvalue weighted by Gasteiger charge is 2.32. The number of rotatable bonds is 2. The minimum atomic E-state index is -0.567. The first-order chi connectivity index (χ1) is 5.15. The van der Waals surface area contributed by atoms with E-state index < -0.39 is 12.2 Å². The summed E-state index contributed by atoms with van der Waals surface area (Å²) >= 11 is 0. The van der Waals surface area contributed by atoms with Crippen LogP contribution in [-0.4, -0.2) is 29.7 Å². The number of carbonyl (C=O) groups is 1. The average Bonchev–Trinajstić information content (AvgIpc) is 2.28. The molecule has 0 saturated carbocycles. The molecule has 1 heterocycles. The van der Waals surface area contributed by atoms with Crippen LogP contribution in [0, 0.1) is 0 Å². The van der Waals surface area contributed by atoms with Crippen LogP contribution in [0.1, 0.15) is 13.3 Å². The first-order valence-corrected chi connectivity index (χ1v) is 3.62. The number of aliphatic hydroxyl groups is 1. The summed E-state index contributed by atoms with van der Waals surface area (Å²) in [6.07, 6.45) is 0.181. The van der Waals surface area contributed by atoms with E-state index in [9.17, 15) is 9.90 Å². The number of hydrogen-bond acceptors (Lipinski definition) is 3. The van der Waals surface area contributed by atoms with Gasteiger partial charge in [-0.25, -0.2) is 0 Å². The molecule has 0 bridgehead atoms. The van der Waals surface area contributed by atoms with Crippen molar-refractivity contribution in [2.24, 2.45) is 0 Å². The summed E-state index contributed by atoms with van der Waals surface area (Å²) in [4.78, 5) is 10.3. The van der Waals surface area contributed by atoms with E-state index in [2.05, 4.69) is 6.58 Å². The van der Waals surface area contributed by atoms with Crippen molar-refractivity contribution in [3.8, 4) is 0 Å². The zero-order chi connectivity index (χ0) is 8.43. The molecule has 1 aliphatic heterocycles. The minimum Gasteiger partial charge on any atom is -0.390 e. The third-order valence-corrected chi connectivity index (χ3v) is 1.82. The lowest BCUT2D eigenvalue weighted by Crippen LogP contribution is -2.23. The van der Waals surface area contributed by atoms with Crippen LogP contribution in [0.15, 0.2) is 12.2 Å². The molecule has 3 heteroatoms. The van der Waals surface area contributed by atoms with Crippen molar-refractivity contribution in [1.82, 2.24) is 0 Å². The molecule has 3 nitrogen and oxygen atoms in total. The number of carbonyl (C=O) groups excluding carboxylic acids is 1. The van der Waals surface area contributed by atoms with Gasteiger partial charge >= 0.3 is 0 Å². The van der Waals surface area contributed by atoms with Gasteiger partial charge in [0.15, 0.2) is 0 Å². The highest BCUT2D eigenvalue weighted by molar-refractivity contribution is 5.73. The molecular formula is C8H12O3. The fourth-order valence-corrected chi connectivity index (χ4v) is 1.26. The van der Waals surface area contributed by atoms with Crippen LogP contribution in [0.3, 0.4) is 0 Å². The lowest BCUT2D eigenvalue weighted by atomic mass is 10.1. The molecule has 1 fully saturated rings. The summed E-state index contributed by atoms with van der Waals surface area (Å²) in [6.45, 7) is 5.35. The monoisotopic (exact) mass is 156 g/mol. The summed E-state index contributed by atoms with van der Waals surface area (Å²) in [7, 11) is 0. The van der Waals surface area contributed by atoms with Crippen LogP contribution < -0.4 is 0 Å². The van der Waals surface area contributed by atoms with Gasteiger partial charge in [-0.2, -0.15) is 0 Å². The number of aldehydes is 1. The van der Waals surface area contributed by atoms with Crippen LogP contribution in [-0.2, 0) is 9.53 Å². The van der Waals surface area contributed by atoms with Gasteiger partial charge in [0.25, 0.3) is 0 Å². The van der Waals surface area contributed by atoms with Crippen molar-refractivity contribution in [2.75, 3.05) is 0 Å². The predicted octanol–water partition coefficient (Wildman–Crippen LogP) is 0.280. The fraction of sp³-hybridized carbons (Fsp3) is 0.625. The van der Waals surface area contributed by atoms with Crippen LogP contribution in [0.5, 0.6) is 0 Å². The molecule has 0 spiro atoms. The van der Waals surface area contributed by atoms with Crippen molar-refractivity contribution in [3.05, 3.63) is 12.2 Å². The van der Waals surface area contributed by atoms with Crippen LogP contribution >= 0.6 is 0 Å². The lowest BCUT2D eigenvalue weighted by Gasteiger charge is -2.11. The lowest BCUT2D eigenvalue weighted by molar-refractivity contribution is -0.106. The topological polar surface area (TPSA) is 46.5 Å². The normalized spacial score (nSPS) is 37.1. The summed E-state index contributed by atoms with van der Waals surface area (Å²) < 4.78 is 5.25. The Kier molecular flexibility index (Phi) is 2.42. The molecule has 3 atom stereocenters. The molecule has 0 aromatic heterocycles. The Morgan fingerprint density at radius 3 is 2.82 bits per heavy atom. The Morgan fingerprint density at radius 1 is 1.82 bits per heavy atom. The van der Waals surface area contributed by atoms with Gasteiger partial charge in [0, 0.05) is 12.0 Å². The van der Waals surface area contributed by atoms with Crippen molar-refractivity contribution >= 4 is 6.29 Å². The maximum absolute atomic E-state index is 10.3. The van der Waals surface area contributed by atoms with Gasteiger partial charge in [-0.3, -0.25) is 4.79 Å².